The van der Waals surface area contributed by atoms with Crippen molar-refractivity contribution in [2.45, 2.75) is 25.7 Å². The van der Waals surface area contributed by atoms with Gasteiger partial charge in [0.1, 0.15) is 0 Å². The first-order valence-corrected chi connectivity index (χ1v) is 5.26. The van der Waals surface area contributed by atoms with Crippen LogP contribution in [0, 0.1) is 0 Å². The number of nitrogens with two attached hydrogens (primary N) is 1. The Morgan fingerprint density at radius 3 is 2.47 bits per heavy atom. The lowest BCUT2D eigenvalue weighted by Gasteiger charge is -2.16. The molecular weight excluding hydrogens is 194 g/mol. The summed E-state index contributed by atoms with van der Waals surface area (Å²) in [7, 11) is 3.30. The molecule has 5 nitrogen and oxygen atoms in total. The summed E-state index contributed by atoms with van der Waals surface area (Å²) < 4.78 is 0. The largest absolute Gasteiger partial charge is 0.359 e. The molecule has 3 N–H and O–H groups in total. The predicted octanol–water partition coefficient (Wildman–Crippen LogP) is -0.290. The summed E-state index contributed by atoms with van der Waals surface area (Å²) in [5, 5.41) is 2.52. The lowest BCUT2D eigenvalue weighted by atomic mass is 10.2. The van der Waals surface area contributed by atoms with Crippen LogP contribution < -0.4 is 11.1 Å². The Kier molecular flexibility index (Phi) is 7.62. The van der Waals surface area contributed by atoms with Crippen LogP contribution in [0.2, 0.25) is 0 Å². The molecule has 0 spiro atoms. The van der Waals surface area contributed by atoms with Crippen molar-refractivity contribution in [3.63, 3.8) is 0 Å². The van der Waals surface area contributed by atoms with Crippen LogP contribution in [0.15, 0.2) is 0 Å². The van der Waals surface area contributed by atoms with Gasteiger partial charge in [-0.25, -0.2) is 0 Å². The van der Waals surface area contributed by atoms with E-state index < -0.39 is 0 Å². The predicted molar refractivity (Wildman–Crippen MR) is 59.2 cm³/mol. The van der Waals surface area contributed by atoms with Crippen LogP contribution >= 0.6 is 0 Å². The summed E-state index contributed by atoms with van der Waals surface area (Å²) in [5.74, 6) is 0.0314. The van der Waals surface area contributed by atoms with Crippen LogP contribution in [-0.4, -0.2) is 43.9 Å². The smallest absolute Gasteiger partial charge is 0.222 e. The van der Waals surface area contributed by atoms with Gasteiger partial charge in [0.15, 0.2) is 0 Å². The molecule has 0 fully saturated rings. The third-order valence-electron chi connectivity index (χ3n) is 2.22. The van der Waals surface area contributed by atoms with Crippen LogP contribution in [0.25, 0.3) is 0 Å². The van der Waals surface area contributed by atoms with Gasteiger partial charge in [-0.15, -0.1) is 0 Å². The van der Waals surface area contributed by atoms with Gasteiger partial charge in [0, 0.05) is 33.5 Å². The van der Waals surface area contributed by atoms with Crippen molar-refractivity contribution < 1.29 is 9.59 Å². The van der Waals surface area contributed by atoms with Crippen molar-refractivity contribution in [2.24, 2.45) is 5.73 Å². The van der Waals surface area contributed by atoms with Crippen LogP contribution in [0.3, 0.4) is 0 Å². The average molecular weight is 215 g/mol. The molecule has 15 heavy (non-hydrogen) atoms. The van der Waals surface area contributed by atoms with E-state index in [-0.39, 0.29) is 11.8 Å². The van der Waals surface area contributed by atoms with E-state index >= 15 is 0 Å². The van der Waals surface area contributed by atoms with Gasteiger partial charge < -0.3 is 16.0 Å². The Balaban J connectivity index is 3.64. The second-order valence-corrected chi connectivity index (χ2v) is 3.48. The van der Waals surface area contributed by atoms with Gasteiger partial charge in [-0.3, -0.25) is 9.59 Å². The molecule has 0 aromatic rings. The molecule has 0 aliphatic rings. The molecule has 0 saturated carbocycles. The van der Waals surface area contributed by atoms with Gasteiger partial charge in [-0.2, -0.15) is 0 Å². The van der Waals surface area contributed by atoms with Gasteiger partial charge in [0.05, 0.1) is 0 Å². The molecule has 2 amide bonds. The number of amides is 2. The van der Waals surface area contributed by atoms with Gasteiger partial charge in [-0.05, 0) is 19.4 Å². The Morgan fingerprint density at radius 2 is 1.93 bits per heavy atom. The normalized spacial score (nSPS) is 9.80. The van der Waals surface area contributed by atoms with Gasteiger partial charge in [0.25, 0.3) is 0 Å². The Labute approximate surface area is 91.0 Å². The molecule has 0 radical (unpaired) electrons. The summed E-state index contributed by atoms with van der Waals surface area (Å²) in [5.41, 5.74) is 5.33. The summed E-state index contributed by atoms with van der Waals surface area (Å²) >= 11 is 0. The van der Waals surface area contributed by atoms with E-state index in [9.17, 15) is 9.59 Å². The van der Waals surface area contributed by atoms with Crippen molar-refractivity contribution in [1.29, 1.82) is 0 Å². The fourth-order valence-electron chi connectivity index (χ4n) is 1.13. The first-order valence-electron chi connectivity index (χ1n) is 5.26. The van der Waals surface area contributed by atoms with E-state index in [0.717, 1.165) is 12.8 Å². The monoisotopic (exact) mass is 215 g/mol. The maximum Gasteiger partial charge on any atom is 0.222 e. The third kappa shape index (κ3) is 6.90. The minimum absolute atomic E-state index is 0.0448. The minimum Gasteiger partial charge on any atom is -0.359 e. The van der Waals surface area contributed by atoms with Crippen molar-refractivity contribution in [2.75, 3.05) is 27.2 Å². The molecule has 0 rings (SSSR count). The summed E-state index contributed by atoms with van der Waals surface area (Å²) in [6, 6.07) is 0. The number of rotatable bonds is 7. The molecule has 0 atom stereocenters. The molecule has 88 valence electrons. The topological polar surface area (TPSA) is 75.4 Å². The summed E-state index contributed by atoms with van der Waals surface area (Å²) in [6.07, 6.45) is 2.56. The standard InChI is InChI=1S/C10H21N3O2/c1-12-9(14)6-8-13(2)10(15)5-3-4-7-11/h3-8,11H2,1-2H3,(H,12,14). The minimum atomic E-state index is -0.0448. The summed E-state index contributed by atoms with van der Waals surface area (Å²) in [4.78, 5) is 24.0. The average Bonchev–Trinajstić information content (AvgIpc) is 2.25. The highest BCUT2D eigenvalue weighted by atomic mass is 16.2. The molecule has 0 bridgehead atoms. The molecule has 5 heteroatoms. The van der Waals surface area contributed by atoms with E-state index in [4.69, 9.17) is 5.73 Å². The fourth-order valence-corrected chi connectivity index (χ4v) is 1.13. The van der Waals surface area contributed by atoms with E-state index in [1.54, 1.807) is 19.0 Å². The first-order chi connectivity index (χ1) is 7.11. The summed E-state index contributed by atoms with van der Waals surface area (Å²) in [6.45, 7) is 1.09. The zero-order chi connectivity index (χ0) is 11.7. The maximum atomic E-state index is 11.5. The Bertz CT molecular complexity index is 207. The number of nitrogens with zero attached hydrogens (tertiary/aromatic N) is 1. The SMILES string of the molecule is CNC(=O)CCN(C)C(=O)CCCCN. The molecule has 0 heterocycles. The van der Waals surface area contributed by atoms with Crippen LogP contribution in [0.4, 0.5) is 0 Å². The second kappa shape index (κ2) is 8.23. The molecule has 0 aromatic heterocycles. The van der Waals surface area contributed by atoms with Gasteiger partial charge in [-0.1, -0.05) is 0 Å². The third-order valence-corrected chi connectivity index (χ3v) is 2.22. The molecule has 0 unspecified atom stereocenters. The highest BCUT2D eigenvalue weighted by molar-refractivity contribution is 5.78. The van der Waals surface area contributed by atoms with Crippen LogP contribution in [-0.2, 0) is 9.59 Å². The highest BCUT2D eigenvalue weighted by Gasteiger charge is 2.09. The zero-order valence-corrected chi connectivity index (χ0v) is 9.58. The quantitative estimate of drug-likeness (QED) is 0.573. The van der Waals surface area contributed by atoms with Gasteiger partial charge >= 0.3 is 0 Å². The molecular formula is C10H21N3O2. The Morgan fingerprint density at radius 1 is 1.27 bits per heavy atom. The maximum absolute atomic E-state index is 11.5. The van der Waals surface area contributed by atoms with Crippen molar-refractivity contribution in [1.82, 2.24) is 10.2 Å². The fraction of sp³-hybridized carbons (Fsp3) is 0.800. The number of hydrogen-bond donors (Lipinski definition) is 2. The zero-order valence-electron chi connectivity index (χ0n) is 9.58. The van der Waals surface area contributed by atoms with E-state index in [2.05, 4.69) is 5.32 Å². The van der Waals surface area contributed by atoms with E-state index in [0.29, 0.717) is 25.9 Å². The number of carbonyl (C=O) groups excluding carboxylic acids is 2. The van der Waals surface area contributed by atoms with E-state index in [1.807, 2.05) is 0 Å². The highest BCUT2D eigenvalue weighted by Crippen LogP contribution is 1.99. The van der Waals surface area contributed by atoms with Crippen molar-refractivity contribution in [3.05, 3.63) is 0 Å². The van der Waals surface area contributed by atoms with Crippen LogP contribution in [0.5, 0.6) is 0 Å². The molecule has 0 aromatic carbocycles. The Hall–Kier alpha value is -1.10. The van der Waals surface area contributed by atoms with Crippen molar-refractivity contribution >= 4 is 11.8 Å². The van der Waals surface area contributed by atoms with Crippen molar-refractivity contribution in [3.8, 4) is 0 Å². The van der Waals surface area contributed by atoms with Gasteiger partial charge in [0.2, 0.25) is 11.8 Å². The number of unbranched alkanes of at least 4 members (excludes halogenated alkanes) is 1. The number of carbonyl (C=O) groups is 2. The lowest BCUT2D eigenvalue weighted by Crippen LogP contribution is -2.31. The second-order valence-electron chi connectivity index (χ2n) is 3.48. The van der Waals surface area contributed by atoms with Crippen LogP contribution in [0.1, 0.15) is 25.7 Å². The number of hydrogen-bond acceptors (Lipinski definition) is 3. The lowest BCUT2D eigenvalue weighted by molar-refractivity contribution is -0.130. The molecule has 0 aliphatic carbocycles. The first kappa shape index (κ1) is 13.9. The molecule has 0 saturated heterocycles. The number of nitrogens with one attached hydrogen (secondary N) is 1. The van der Waals surface area contributed by atoms with E-state index in [1.165, 1.54) is 0 Å². The molecule has 0 aliphatic heterocycles.